The number of hydrogen-bond acceptors (Lipinski definition) is 5. The summed E-state index contributed by atoms with van der Waals surface area (Å²) in [6.45, 7) is 0. The fraction of sp³-hybridized carbons (Fsp3) is 0.0714. The monoisotopic (exact) mass is 307 g/mol. The molecule has 0 aliphatic carbocycles. The SMILES string of the molecule is O=C(ON1C(=O)c2ccccc2C1=O)c1ccc(C(F)F)o1. The summed E-state index contributed by atoms with van der Waals surface area (Å²) >= 11 is 0. The number of amides is 2. The van der Waals surface area contributed by atoms with Gasteiger partial charge in [0.25, 0.3) is 18.2 Å². The van der Waals surface area contributed by atoms with Crippen molar-refractivity contribution >= 4 is 17.8 Å². The van der Waals surface area contributed by atoms with Crippen LogP contribution in [-0.2, 0) is 4.84 Å². The van der Waals surface area contributed by atoms with Gasteiger partial charge in [0.1, 0.15) is 0 Å². The molecule has 1 aromatic heterocycles. The smallest absolute Gasteiger partial charge is 0.399 e. The zero-order valence-corrected chi connectivity index (χ0v) is 10.8. The normalized spacial score (nSPS) is 13.7. The van der Waals surface area contributed by atoms with E-state index in [0.29, 0.717) is 0 Å². The lowest BCUT2D eigenvalue weighted by molar-refractivity contribution is -0.0606. The Bertz CT molecular complexity index is 748. The van der Waals surface area contributed by atoms with Crippen molar-refractivity contribution < 1.29 is 32.4 Å². The first-order valence-corrected chi connectivity index (χ1v) is 6.07. The largest absolute Gasteiger partial charge is 0.448 e. The van der Waals surface area contributed by atoms with Crippen LogP contribution in [-0.4, -0.2) is 22.8 Å². The highest BCUT2D eigenvalue weighted by molar-refractivity contribution is 6.21. The fourth-order valence-electron chi connectivity index (χ4n) is 1.96. The first-order valence-electron chi connectivity index (χ1n) is 6.07. The van der Waals surface area contributed by atoms with Crippen LogP contribution < -0.4 is 0 Å². The molecule has 3 rings (SSSR count). The molecule has 2 heterocycles. The number of nitrogens with zero attached hydrogens (tertiary/aromatic N) is 1. The van der Waals surface area contributed by atoms with Gasteiger partial charge in [-0.25, -0.2) is 13.6 Å². The number of carbonyl (C=O) groups excluding carboxylic acids is 3. The summed E-state index contributed by atoms with van der Waals surface area (Å²) in [6.07, 6.45) is -2.89. The van der Waals surface area contributed by atoms with Gasteiger partial charge in [-0.2, -0.15) is 0 Å². The Labute approximate surface area is 121 Å². The Kier molecular flexibility index (Phi) is 3.21. The van der Waals surface area contributed by atoms with E-state index in [-0.39, 0.29) is 16.2 Å². The minimum Gasteiger partial charge on any atom is -0.448 e. The van der Waals surface area contributed by atoms with Crippen molar-refractivity contribution in [1.29, 1.82) is 0 Å². The van der Waals surface area contributed by atoms with Gasteiger partial charge in [-0.3, -0.25) is 9.59 Å². The maximum Gasteiger partial charge on any atom is 0.399 e. The summed E-state index contributed by atoms with van der Waals surface area (Å²) in [5.74, 6) is -4.09. The number of halogens is 2. The zero-order valence-electron chi connectivity index (χ0n) is 10.8. The van der Waals surface area contributed by atoms with Crippen molar-refractivity contribution in [2.24, 2.45) is 0 Å². The minimum atomic E-state index is -2.89. The predicted molar refractivity (Wildman–Crippen MR) is 66.0 cm³/mol. The molecule has 0 N–H and O–H groups in total. The number of hydrogen-bond donors (Lipinski definition) is 0. The third-order valence-electron chi connectivity index (χ3n) is 2.97. The average Bonchev–Trinajstić information content (AvgIpc) is 3.08. The number of furan rings is 1. The summed E-state index contributed by atoms with van der Waals surface area (Å²) in [4.78, 5) is 40.4. The molecule has 22 heavy (non-hydrogen) atoms. The first kappa shape index (κ1) is 13.9. The summed E-state index contributed by atoms with van der Waals surface area (Å²) in [6, 6.07) is 7.80. The Hall–Kier alpha value is -3.03. The van der Waals surface area contributed by atoms with E-state index in [1.165, 1.54) is 12.1 Å². The molecule has 0 saturated carbocycles. The van der Waals surface area contributed by atoms with Gasteiger partial charge >= 0.3 is 5.97 Å². The molecule has 1 aliphatic rings. The molecule has 0 saturated heterocycles. The maximum atomic E-state index is 12.4. The quantitative estimate of drug-likeness (QED) is 0.815. The number of benzene rings is 1. The molecule has 6 nitrogen and oxygen atoms in total. The lowest BCUT2D eigenvalue weighted by Crippen LogP contribution is -2.32. The highest BCUT2D eigenvalue weighted by Gasteiger charge is 2.39. The average molecular weight is 307 g/mol. The molecule has 2 amide bonds. The number of rotatable bonds is 3. The Morgan fingerprint density at radius 3 is 2.14 bits per heavy atom. The van der Waals surface area contributed by atoms with Crippen LogP contribution in [0, 0.1) is 0 Å². The Balaban J connectivity index is 1.80. The van der Waals surface area contributed by atoms with Gasteiger partial charge in [-0.1, -0.05) is 17.2 Å². The van der Waals surface area contributed by atoms with Crippen LogP contribution in [0.4, 0.5) is 8.78 Å². The second-order valence-corrected chi connectivity index (χ2v) is 4.33. The van der Waals surface area contributed by atoms with Crippen LogP contribution in [0.25, 0.3) is 0 Å². The van der Waals surface area contributed by atoms with E-state index in [4.69, 9.17) is 0 Å². The molecular weight excluding hydrogens is 300 g/mol. The van der Waals surface area contributed by atoms with Gasteiger partial charge in [0.15, 0.2) is 5.76 Å². The highest BCUT2D eigenvalue weighted by atomic mass is 19.3. The van der Waals surface area contributed by atoms with E-state index < -0.39 is 35.7 Å². The number of fused-ring (bicyclic) bond motifs is 1. The number of alkyl halides is 2. The van der Waals surface area contributed by atoms with Crippen LogP contribution in [0.1, 0.15) is 43.5 Å². The Morgan fingerprint density at radius 2 is 1.64 bits per heavy atom. The van der Waals surface area contributed by atoms with Gasteiger partial charge in [-0.15, -0.1) is 0 Å². The van der Waals surface area contributed by atoms with Crippen molar-refractivity contribution in [3.63, 3.8) is 0 Å². The van der Waals surface area contributed by atoms with Crippen LogP contribution >= 0.6 is 0 Å². The summed E-state index contributed by atoms with van der Waals surface area (Å²) in [5.41, 5.74) is 0.182. The van der Waals surface area contributed by atoms with Gasteiger partial charge in [0.05, 0.1) is 11.1 Å². The summed E-state index contributed by atoms with van der Waals surface area (Å²) < 4.78 is 29.4. The van der Waals surface area contributed by atoms with Crippen molar-refractivity contribution in [2.45, 2.75) is 6.43 Å². The van der Waals surface area contributed by atoms with Crippen molar-refractivity contribution in [2.75, 3.05) is 0 Å². The topological polar surface area (TPSA) is 76.8 Å². The molecular formula is C14H7F2NO5. The summed E-state index contributed by atoms with van der Waals surface area (Å²) in [5, 5.41) is 0.275. The van der Waals surface area contributed by atoms with Crippen molar-refractivity contribution in [3.05, 3.63) is 59.0 Å². The van der Waals surface area contributed by atoms with Crippen LogP contribution in [0.3, 0.4) is 0 Å². The van der Waals surface area contributed by atoms with Crippen molar-refractivity contribution in [3.8, 4) is 0 Å². The van der Waals surface area contributed by atoms with Crippen LogP contribution in [0.5, 0.6) is 0 Å². The van der Waals surface area contributed by atoms with E-state index in [1.54, 1.807) is 12.1 Å². The van der Waals surface area contributed by atoms with Crippen molar-refractivity contribution in [1.82, 2.24) is 5.06 Å². The molecule has 112 valence electrons. The summed E-state index contributed by atoms with van der Waals surface area (Å²) in [7, 11) is 0. The number of hydroxylamine groups is 2. The lowest BCUT2D eigenvalue weighted by Gasteiger charge is -2.11. The molecule has 0 atom stereocenters. The van der Waals surface area contributed by atoms with E-state index in [1.807, 2.05) is 0 Å². The molecule has 2 aromatic rings. The van der Waals surface area contributed by atoms with Gasteiger partial charge in [0.2, 0.25) is 5.76 Å². The molecule has 1 aromatic carbocycles. The minimum absolute atomic E-state index is 0.0908. The van der Waals surface area contributed by atoms with E-state index in [0.717, 1.165) is 12.1 Å². The van der Waals surface area contributed by atoms with Crippen LogP contribution in [0.2, 0.25) is 0 Å². The van der Waals surface area contributed by atoms with Gasteiger partial charge < -0.3 is 9.25 Å². The van der Waals surface area contributed by atoms with Crippen LogP contribution in [0.15, 0.2) is 40.8 Å². The molecule has 0 spiro atoms. The Morgan fingerprint density at radius 1 is 1.05 bits per heavy atom. The van der Waals surface area contributed by atoms with Gasteiger partial charge in [0, 0.05) is 0 Å². The molecule has 0 unspecified atom stereocenters. The number of carbonyl (C=O) groups is 3. The molecule has 8 heteroatoms. The second kappa shape index (κ2) is 5.06. The van der Waals surface area contributed by atoms with E-state index >= 15 is 0 Å². The molecule has 0 fully saturated rings. The molecule has 1 aliphatic heterocycles. The van der Waals surface area contributed by atoms with Gasteiger partial charge in [-0.05, 0) is 24.3 Å². The maximum absolute atomic E-state index is 12.4. The zero-order chi connectivity index (χ0) is 15.9. The number of imide groups is 1. The molecule has 0 radical (unpaired) electrons. The fourth-order valence-corrected chi connectivity index (χ4v) is 1.96. The first-order chi connectivity index (χ1) is 10.5. The third kappa shape index (κ3) is 2.14. The third-order valence-corrected chi connectivity index (χ3v) is 2.97. The highest BCUT2D eigenvalue weighted by Crippen LogP contribution is 2.25. The standard InChI is InChI=1S/C14H7F2NO5/c15-11(16)9-5-6-10(21-9)14(20)22-17-12(18)7-3-1-2-4-8(7)13(17)19/h1-6,11H. The predicted octanol–water partition coefficient (Wildman–Crippen LogP) is 2.59. The van der Waals surface area contributed by atoms with E-state index in [2.05, 4.69) is 9.25 Å². The molecule has 0 bridgehead atoms. The second-order valence-electron chi connectivity index (χ2n) is 4.33. The van der Waals surface area contributed by atoms with E-state index in [9.17, 15) is 23.2 Å². The lowest BCUT2D eigenvalue weighted by atomic mass is 10.1.